The average Bonchev–Trinajstić information content (AvgIpc) is 3.11. The second kappa shape index (κ2) is 5.69. The number of rotatable bonds is 2. The van der Waals surface area contributed by atoms with E-state index in [4.69, 9.17) is 0 Å². The van der Waals surface area contributed by atoms with Crippen LogP contribution in [0, 0.1) is 5.41 Å². The first-order valence-electron chi connectivity index (χ1n) is 8.61. The fourth-order valence-electron chi connectivity index (χ4n) is 4.04. The predicted octanol–water partition coefficient (Wildman–Crippen LogP) is 1.75. The minimum Gasteiger partial charge on any atom is -0.598 e. The molecule has 1 fully saturated rings. The van der Waals surface area contributed by atoms with Gasteiger partial charge in [-0.3, -0.25) is 4.40 Å². The van der Waals surface area contributed by atoms with Crippen molar-refractivity contribution in [2.24, 2.45) is 5.41 Å². The molecule has 4 rings (SSSR count). The normalized spacial score (nSPS) is 24.4. The van der Waals surface area contributed by atoms with Crippen LogP contribution >= 0.6 is 0 Å². The molecule has 1 aliphatic heterocycles. The van der Waals surface area contributed by atoms with E-state index in [0.29, 0.717) is 0 Å². The maximum Gasteiger partial charge on any atom is 0.160 e. The monoisotopic (exact) mass is 347 g/mol. The van der Waals surface area contributed by atoms with Crippen LogP contribution in [0.3, 0.4) is 0 Å². The summed E-state index contributed by atoms with van der Waals surface area (Å²) in [6.07, 6.45) is 4.96. The number of hydrogen-bond acceptors (Lipinski definition) is 5. The van der Waals surface area contributed by atoms with E-state index in [1.807, 2.05) is 26.8 Å². The summed E-state index contributed by atoms with van der Waals surface area (Å²) in [4.78, 5) is 0. The highest BCUT2D eigenvalue weighted by molar-refractivity contribution is 7.90. The molecule has 0 aromatic carbocycles. The highest BCUT2D eigenvalue weighted by atomic mass is 32.2. The third-order valence-electron chi connectivity index (χ3n) is 5.43. The molecule has 6 nitrogen and oxygen atoms in total. The highest BCUT2D eigenvalue weighted by Gasteiger charge is 2.50. The lowest BCUT2D eigenvalue weighted by atomic mass is 9.74. The van der Waals surface area contributed by atoms with Crippen molar-refractivity contribution < 1.29 is 4.55 Å². The summed E-state index contributed by atoms with van der Waals surface area (Å²) in [5, 5.41) is 11.7. The fourth-order valence-corrected chi connectivity index (χ4v) is 4.99. The van der Waals surface area contributed by atoms with E-state index in [9.17, 15) is 4.55 Å². The maximum absolute atomic E-state index is 12.8. The number of aromatic nitrogens is 3. The molecule has 0 bridgehead atoms. The van der Waals surface area contributed by atoms with Crippen LogP contribution in [-0.4, -0.2) is 37.0 Å². The molecule has 0 saturated carbocycles. The van der Waals surface area contributed by atoms with Gasteiger partial charge in [-0.25, -0.2) is 0 Å². The van der Waals surface area contributed by atoms with Crippen LogP contribution < -0.4 is 10.0 Å². The molecule has 1 spiro atoms. The quantitative estimate of drug-likeness (QED) is 0.810. The van der Waals surface area contributed by atoms with Crippen molar-refractivity contribution >= 4 is 17.0 Å². The first-order chi connectivity index (χ1) is 11.4. The first kappa shape index (κ1) is 16.3. The Kier molecular flexibility index (Phi) is 3.87. The average molecular weight is 347 g/mol. The molecule has 2 aromatic rings. The zero-order valence-corrected chi connectivity index (χ0v) is 15.3. The van der Waals surface area contributed by atoms with E-state index in [1.165, 1.54) is 11.3 Å². The standard InChI is InChI=1S/C17H25N5OS/c1-16(2,3)24(23)21-15-12-4-5-14-20-19-11-22(14)13(12)10-17(15)6-8-18-9-7-17/h4-5,11,15,18,21H,6-10H2,1-3H3/t15-,24?/m1/s1. The zero-order valence-electron chi connectivity index (χ0n) is 14.5. The molecule has 24 heavy (non-hydrogen) atoms. The molecule has 0 amide bonds. The smallest absolute Gasteiger partial charge is 0.160 e. The Hall–Kier alpha value is -1.15. The molecular formula is C17H25N5OS. The Morgan fingerprint density at radius 1 is 1.33 bits per heavy atom. The highest BCUT2D eigenvalue weighted by Crippen LogP contribution is 2.51. The van der Waals surface area contributed by atoms with Crippen LogP contribution in [-0.2, 0) is 17.8 Å². The minimum atomic E-state index is -1.10. The Morgan fingerprint density at radius 3 is 2.79 bits per heavy atom. The van der Waals surface area contributed by atoms with Crippen LogP contribution in [0.5, 0.6) is 0 Å². The van der Waals surface area contributed by atoms with Gasteiger partial charge in [0.15, 0.2) is 5.65 Å². The van der Waals surface area contributed by atoms with Crippen LogP contribution in [0.2, 0.25) is 0 Å². The van der Waals surface area contributed by atoms with Crippen LogP contribution in [0.15, 0.2) is 18.5 Å². The van der Waals surface area contributed by atoms with Gasteiger partial charge in [0, 0.05) is 22.5 Å². The molecule has 3 heterocycles. The molecule has 0 radical (unpaired) electrons. The molecule has 2 aliphatic rings. The van der Waals surface area contributed by atoms with Gasteiger partial charge in [0.2, 0.25) is 0 Å². The molecule has 2 N–H and O–H groups in total. The molecule has 2 atom stereocenters. The van der Waals surface area contributed by atoms with Crippen LogP contribution in [0.25, 0.3) is 5.65 Å². The number of fused-ring (bicyclic) bond motifs is 3. The summed E-state index contributed by atoms with van der Waals surface area (Å²) < 4.78 is 18.1. The Morgan fingerprint density at radius 2 is 2.08 bits per heavy atom. The van der Waals surface area contributed by atoms with Gasteiger partial charge in [0.25, 0.3) is 0 Å². The molecule has 1 saturated heterocycles. The van der Waals surface area contributed by atoms with E-state index < -0.39 is 11.4 Å². The van der Waals surface area contributed by atoms with Crippen molar-refractivity contribution in [2.75, 3.05) is 13.1 Å². The lowest BCUT2D eigenvalue weighted by Crippen LogP contribution is -2.48. The second-order valence-electron chi connectivity index (χ2n) is 8.02. The summed E-state index contributed by atoms with van der Waals surface area (Å²) in [7, 11) is 0. The molecule has 1 aliphatic carbocycles. The van der Waals surface area contributed by atoms with Crippen molar-refractivity contribution in [1.29, 1.82) is 0 Å². The summed E-state index contributed by atoms with van der Waals surface area (Å²) in [6, 6.07) is 4.27. The lowest BCUT2D eigenvalue weighted by Gasteiger charge is -2.40. The van der Waals surface area contributed by atoms with E-state index in [-0.39, 0.29) is 16.2 Å². The largest absolute Gasteiger partial charge is 0.598 e. The number of piperidine rings is 1. The summed E-state index contributed by atoms with van der Waals surface area (Å²) in [5.74, 6) is 0. The topological polar surface area (TPSA) is 77.3 Å². The van der Waals surface area contributed by atoms with E-state index in [0.717, 1.165) is 38.0 Å². The first-order valence-corrected chi connectivity index (χ1v) is 9.76. The Bertz CT molecular complexity index is 747. The number of hydrogen-bond donors (Lipinski definition) is 2. The van der Waals surface area contributed by atoms with Gasteiger partial charge in [-0.15, -0.1) is 14.9 Å². The van der Waals surface area contributed by atoms with E-state index in [1.54, 1.807) is 6.33 Å². The molecule has 2 aromatic heterocycles. The van der Waals surface area contributed by atoms with E-state index >= 15 is 0 Å². The SMILES string of the molecule is CC(C)(C)[S+]([O-])N[C@@H]1c2ccc3nncn3c2CC12CCNCC2. The van der Waals surface area contributed by atoms with Gasteiger partial charge in [0.05, 0.1) is 6.04 Å². The third kappa shape index (κ3) is 2.54. The summed E-state index contributed by atoms with van der Waals surface area (Å²) in [6.45, 7) is 8.08. The van der Waals surface area contributed by atoms with Gasteiger partial charge < -0.3 is 9.87 Å². The molecular weight excluding hydrogens is 322 g/mol. The van der Waals surface area contributed by atoms with Crippen LogP contribution in [0.4, 0.5) is 0 Å². The van der Waals surface area contributed by atoms with Crippen molar-refractivity contribution in [3.8, 4) is 0 Å². The summed E-state index contributed by atoms with van der Waals surface area (Å²) >= 11 is -1.10. The predicted molar refractivity (Wildman–Crippen MR) is 95.0 cm³/mol. The van der Waals surface area contributed by atoms with Gasteiger partial charge in [0.1, 0.15) is 11.1 Å². The molecule has 7 heteroatoms. The van der Waals surface area contributed by atoms with Gasteiger partial charge in [-0.05, 0) is 64.8 Å². The Balaban J connectivity index is 1.78. The maximum atomic E-state index is 12.8. The van der Waals surface area contributed by atoms with Crippen LogP contribution in [0.1, 0.15) is 50.9 Å². The van der Waals surface area contributed by atoms with Gasteiger partial charge in [-0.1, -0.05) is 6.07 Å². The van der Waals surface area contributed by atoms with Crippen molar-refractivity contribution in [2.45, 2.75) is 50.8 Å². The number of pyridine rings is 1. The lowest BCUT2D eigenvalue weighted by molar-refractivity contribution is 0.162. The third-order valence-corrected chi connectivity index (χ3v) is 7.00. The number of nitrogens with one attached hydrogen (secondary N) is 2. The molecule has 130 valence electrons. The Labute approximate surface area is 145 Å². The fraction of sp³-hybridized carbons (Fsp3) is 0.647. The molecule has 1 unspecified atom stereocenters. The zero-order chi connectivity index (χ0) is 16.9. The second-order valence-corrected chi connectivity index (χ2v) is 10.0. The van der Waals surface area contributed by atoms with Crippen molar-refractivity contribution in [1.82, 2.24) is 24.6 Å². The van der Waals surface area contributed by atoms with Gasteiger partial charge in [-0.2, -0.15) is 0 Å². The van der Waals surface area contributed by atoms with E-state index in [2.05, 4.69) is 30.7 Å². The van der Waals surface area contributed by atoms with Crippen molar-refractivity contribution in [3.63, 3.8) is 0 Å². The van der Waals surface area contributed by atoms with Crippen molar-refractivity contribution in [3.05, 3.63) is 29.7 Å². The minimum absolute atomic E-state index is 0.112. The number of nitrogens with zero attached hydrogens (tertiary/aromatic N) is 3. The van der Waals surface area contributed by atoms with Gasteiger partial charge >= 0.3 is 0 Å². The summed E-state index contributed by atoms with van der Waals surface area (Å²) in [5.41, 5.74) is 3.52.